The zero-order valence-electron chi connectivity index (χ0n) is 16.7. The number of rotatable bonds is 4. The van der Waals surface area contributed by atoms with Crippen molar-refractivity contribution in [3.8, 4) is 11.3 Å². The van der Waals surface area contributed by atoms with Crippen LogP contribution < -0.4 is 11.1 Å². The summed E-state index contributed by atoms with van der Waals surface area (Å²) >= 11 is 0. The van der Waals surface area contributed by atoms with Crippen LogP contribution in [0.15, 0.2) is 36.8 Å². The van der Waals surface area contributed by atoms with Crippen molar-refractivity contribution in [1.82, 2.24) is 34.1 Å². The zero-order valence-corrected chi connectivity index (χ0v) is 16.7. The largest absolute Gasteiger partial charge is 0.382 e. The number of nitrogen functional groups attached to an aromatic ring is 1. The van der Waals surface area contributed by atoms with E-state index >= 15 is 0 Å². The van der Waals surface area contributed by atoms with Crippen molar-refractivity contribution in [3.63, 3.8) is 0 Å². The number of nitrogens with zero attached hydrogens (tertiary/aromatic N) is 7. The molecule has 11 heteroatoms. The van der Waals surface area contributed by atoms with E-state index in [2.05, 4.69) is 30.4 Å². The van der Waals surface area contributed by atoms with Crippen LogP contribution in [-0.2, 0) is 4.74 Å². The summed E-state index contributed by atoms with van der Waals surface area (Å²) in [7, 11) is 0. The number of aromatic nitrogens is 6. The quantitative estimate of drug-likeness (QED) is 0.505. The van der Waals surface area contributed by atoms with E-state index in [0.29, 0.717) is 49.5 Å². The van der Waals surface area contributed by atoms with Crippen LogP contribution in [0.1, 0.15) is 6.42 Å². The first kappa shape index (κ1) is 18.5. The fourth-order valence-corrected chi connectivity index (χ4v) is 4.30. The number of fused-ring (bicyclic) bond motifs is 2. The molecule has 6 heterocycles. The maximum absolute atomic E-state index is 14.8. The summed E-state index contributed by atoms with van der Waals surface area (Å²) in [6.07, 6.45) is 4.95. The van der Waals surface area contributed by atoms with Crippen molar-refractivity contribution in [2.75, 3.05) is 37.4 Å². The summed E-state index contributed by atoms with van der Waals surface area (Å²) in [4.78, 5) is 10.8. The van der Waals surface area contributed by atoms with Gasteiger partial charge in [0.2, 0.25) is 5.95 Å². The fourth-order valence-electron chi connectivity index (χ4n) is 4.30. The van der Waals surface area contributed by atoms with Crippen LogP contribution in [0.2, 0.25) is 0 Å². The minimum absolute atomic E-state index is 0.310. The molecule has 2 aliphatic heterocycles. The van der Waals surface area contributed by atoms with Crippen LogP contribution in [-0.4, -0.2) is 78.7 Å². The molecular formula is C20H22FN9O. The highest BCUT2D eigenvalue weighted by molar-refractivity contribution is 5.86. The Morgan fingerprint density at radius 1 is 1.13 bits per heavy atom. The van der Waals surface area contributed by atoms with E-state index in [1.54, 1.807) is 27.6 Å². The standard InChI is InChI=1S/C20H22FN9O/c21-14-9-28(12-10-31-11-12)6-4-16(14)24-20-25-19(22)18-13(3-7-30(18)27-20)15-1-2-17-23-5-8-29(17)26-15/h1-3,5,7-8,12,14,16H,4,6,9-11H2,(H3,22,24,25,27)/t14-,16+/m0/s1. The fraction of sp³-hybridized carbons (Fsp3) is 0.400. The average molecular weight is 423 g/mol. The molecule has 0 radical (unpaired) electrons. The number of hydrogen-bond acceptors (Lipinski definition) is 8. The Balaban J connectivity index is 1.25. The third-order valence-electron chi connectivity index (χ3n) is 6.09. The van der Waals surface area contributed by atoms with Gasteiger partial charge in [0.1, 0.15) is 11.7 Å². The first-order valence-corrected chi connectivity index (χ1v) is 10.3. The van der Waals surface area contributed by atoms with E-state index in [9.17, 15) is 4.39 Å². The van der Waals surface area contributed by atoms with Gasteiger partial charge in [-0.15, -0.1) is 5.10 Å². The van der Waals surface area contributed by atoms with E-state index in [0.717, 1.165) is 23.4 Å². The Bertz CT molecular complexity index is 1250. The highest BCUT2D eigenvalue weighted by Crippen LogP contribution is 2.28. The van der Waals surface area contributed by atoms with E-state index in [-0.39, 0.29) is 6.04 Å². The topological polar surface area (TPSA) is 111 Å². The summed E-state index contributed by atoms with van der Waals surface area (Å²) in [6, 6.07) is 5.66. The Labute approximate surface area is 176 Å². The molecule has 0 aromatic carbocycles. The number of ether oxygens (including phenoxy) is 1. The second-order valence-electron chi connectivity index (χ2n) is 8.03. The van der Waals surface area contributed by atoms with Gasteiger partial charge in [-0.25, -0.2) is 18.4 Å². The van der Waals surface area contributed by atoms with Crippen molar-refractivity contribution in [2.24, 2.45) is 0 Å². The lowest BCUT2D eigenvalue weighted by Gasteiger charge is -2.42. The van der Waals surface area contributed by atoms with Gasteiger partial charge in [0.15, 0.2) is 11.5 Å². The lowest BCUT2D eigenvalue weighted by Crippen LogP contribution is -2.57. The van der Waals surface area contributed by atoms with Crippen molar-refractivity contribution in [3.05, 3.63) is 36.8 Å². The molecule has 0 aliphatic carbocycles. The normalized spacial score (nSPS) is 22.7. The van der Waals surface area contributed by atoms with Gasteiger partial charge in [0.05, 0.1) is 31.0 Å². The van der Waals surface area contributed by atoms with Crippen LogP contribution in [0.5, 0.6) is 0 Å². The van der Waals surface area contributed by atoms with Gasteiger partial charge in [-0.1, -0.05) is 0 Å². The average Bonchev–Trinajstić information content (AvgIpc) is 3.35. The smallest absolute Gasteiger partial charge is 0.243 e. The Kier molecular flexibility index (Phi) is 4.25. The summed E-state index contributed by atoms with van der Waals surface area (Å²) in [5, 5.41) is 12.2. The molecule has 6 rings (SSSR count). The first-order chi connectivity index (χ1) is 15.2. The molecule has 3 N–H and O–H groups in total. The molecule has 0 unspecified atom stereocenters. The van der Waals surface area contributed by atoms with Crippen molar-refractivity contribution in [1.29, 1.82) is 0 Å². The molecule has 2 aliphatic rings. The molecular weight excluding hydrogens is 401 g/mol. The maximum atomic E-state index is 14.8. The second-order valence-corrected chi connectivity index (χ2v) is 8.03. The number of likely N-dealkylation sites (tertiary alicyclic amines) is 1. The number of piperidine rings is 1. The summed E-state index contributed by atoms with van der Waals surface area (Å²) in [5.74, 6) is 0.628. The van der Waals surface area contributed by atoms with Gasteiger partial charge in [-0.2, -0.15) is 10.1 Å². The number of imidazole rings is 1. The SMILES string of the molecule is Nc1nc(N[C@@H]2CCN(C3COC3)C[C@@H]2F)nn2ccc(-c3ccc4nccn4n3)c12. The molecule has 31 heavy (non-hydrogen) atoms. The summed E-state index contributed by atoms with van der Waals surface area (Å²) < 4.78 is 23.4. The molecule has 4 aromatic rings. The van der Waals surface area contributed by atoms with Crippen LogP contribution >= 0.6 is 0 Å². The Morgan fingerprint density at radius 2 is 2.03 bits per heavy atom. The van der Waals surface area contributed by atoms with Crippen molar-refractivity contribution in [2.45, 2.75) is 24.7 Å². The predicted molar refractivity (Wildman–Crippen MR) is 112 cm³/mol. The van der Waals surface area contributed by atoms with Gasteiger partial charge in [-0.3, -0.25) is 4.90 Å². The number of alkyl halides is 1. The highest BCUT2D eigenvalue weighted by Gasteiger charge is 2.35. The number of nitrogens with one attached hydrogen (secondary N) is 1. The number of halogens is 1. The molecule has 2 fully saturated rings. The van der Waals surface area contributed by atoms with E-state index < -0.39 is 6.17 Å². The number of hydrogen-bond donors (Lipinski definition) is 2. The van der Waals surface area contributed by atoms with Crippen LogP contribution in [0, 0.1) is 0 Å². The van der Waals surface area contributed by atoms with Crippen LogP contribution in [0.4, 0.5) is 16.2 Å². The summed E-state index contributed by atoms with van der Waals surface area (Å²) in [5.41, 5.74) is 9.26. The van der Waals surface area contributed by atoms with Crippen LogP contribution in [0.3, 0.4) is 0 Å². The molecule has 10 nitrogen and oxygen atoms in total. The third kappa shape index (κ3) is 3.17. The Hall–Kier alpha value is -3.31. The second kappa shape index (κ2) is 7.13. The maximum Gasteiger partial charge on any atom is 0.243 e. The molecule has 160 valence electrons. The third-order valence-corrected chi connectivity index (χ3v) is 6.09. The monoisotopic (exact) mass is 423 g/mol. The van der Waals surface area contributed by atoms with E-state index in [4.69, 9.17) is 10.5 Å². The molecule has 0 amide bonds. The van der Waals surface area contributed by atoms with Crippen molar-refractivity contribution < 1.29 is 9.13 Å². The zero-order chi connectivity index (χ0) is 20.9. The predicted octanol–water partition coefficient (Wildman–Crippen LogP) is 1.24. The molecule has 4 aromatic heterocycles. The lowest BCUT2D eigenvalue weighted by atomic mass is 10.0. The van der Waals surface area contributed by atoms with Gasteiger partial charge in [0.25, 0.3) is 0 Å². The minimum atomic E-state index is -1.01. The molecule has 2 atom stereocenters. The molecule has 2 saturated heterocycles. The molecule has 0 spiro atoms. The van der Waals surface area contributed by atoms with E-state index in [1.807, 2.05) is 18.2 Å². The van der Waals surface area contributed by atoms with Gasteiger partial charge >= 0.3 is 0 Å². The van der Waals surface area contributed by atoms with Gasteiger partial charge in [-0.05, 0) is 24.6 Å². The highest BCUT2D eigenvalue weighted by atomic mass is 19.1. The molecule has 0 saturated carbocycles. The number of nitrogens with two attached hydrogens (primary N) is 1. The Morgan fingerprint density at radius 3 is 2.84 bits per heavy atom. The van der Waals surface area contributed by atoms with E-state index in [1.165, 1.54) is 0 Å². The first-order valence-electron chi connectivity index (χ1n) is 10.3. The number of anilines is 2. The minimum Gasteiger partial charge on any atom is -0.382 e. The van der Waals surface area contributed by atoms with Crippen molar-refractivity contribution >= 4 is 22.9 Å². The molecule has 0 bridgehead atoms. The lowest BCUT2D eigenvalue weighted by molar-refractivity contribution is -0.0794. The van der Waals surface area contributed by atoms with Gasteiger partial charge in [0, 0.05) is 37.2 Å². The van der Waals surface area contributed by atoms with Crippen LogP contribution in [0.25, 0.3) is 22.4 Å². The van der Waals surface area contributed by atoms with Gasteiger partial charge < -0.3 is 15.8 Å². The summed E-state index contributed by atoms with van der Waals surface area (Å²) in [6.45, 7) is 2.60.